The molecule has 1 atom stereocenters. The molecular weight excluding hydrogens is 233 g/mol. The molecule has 1 unspecified atom stereocenters. The number of amides is 1. The van der Waals surface area contributed by atoms with Crippen LogP contribution < -0.4 is 0 Å². The van der Waals surface area contributed by atoms with Crippen LogP contribution in [0.5, 0.6) is 0 Å². The SMILES string of the molecule is CCCCC1(F)CCCN(C(=O)OC(C)(C)C)C1. The molecule has 1 amide bonds. The monoisotopic (exact) mass is 259 g/mol. The summed E-state index contributed by atoms with van der Waals surface area (Å²) in [6.07, 6.45) is 3.30. The van der Waals surface area contributed by atoms with Crippen LogP contribution in [0.4, 0.5) is 9.18 Å². The minimum absolute atomic E-state index is 0.182. The van der Waals surface area contributed by atoms with Crippen LogP contribution in [0.1, 0.15) is 59.8 Å². The Morgan fingerprint density at radius 3 is 2.67 bits per heavy atom. The number of alkyl halides is 1. The molecule has 106 valence electrons. The second kappa shape index (κ2) is 5.89. The number of likely N-dealkylation sites (tertiary alicyclic amines) is 1. The van der Waals surface area contributed by atoms with Crippen molar-refractivity contribution in [2.45, 2.75) is 71.1 Å². The van der Waals surface area contributed by atoms with Crippen molar-refractivity contribution in [3.8, 4) is 0 Å². The van der Waals surface area contributed by atoms with Crippen molar-refractivity contribution in [3.63, 3.8) is 0 Å². The van der Waals surface area contributed by atoms with Gasteiger partial charge in [-0.25, -0.2) is 9.18 Å². The van der Waals surface area contributed by atoms with Gasteiger partial charge in [0.15, 0.2) is 0 Å². The molecule has 0 aromatic rings. The first-order valence-electron chi connectivity index (χ1n) is 6.93. The van der Waals surface area contributed by atoms with E-state index in [0.29, 0.717) is 19.4 Å². The highest BCUT2D eigenvalue weighted by molar-refractivity contribution is 5.68. The van der Waals surface area contributed by atoms with Crippen molar-refractivity contribution < 1.29 is 13.9 Å². The third-order valence-electron chi connectivity index (χ3n) is 3.16. The second-order valence-corrected chi connectivity index (χ2v) is 6.26. The molecule has 1 aliphatic rings. The Hall–Kier alpha value is -0.800. The molecular formula is C14H26FNO2. The number of unbranched alkanes of at least 4 members (excludes halogenated alkanes) is 1. The molecule has 1 fully saturated rings. The van der Waals surface area contributed by atoms with E-state index in [-0.39, 0.29) is 12.6 Å². The molecule has 3 nitrogen and oxygen atoms in total. The largest absolute Gasteiger partial charge is 0.444 e. The van der Waals surface area contributed by atoms with E-state index in [0.717, 1.165) is 19.3 Å². The topological polar surface area (TPSA) is 29.5 Å². The molecule has 0 spiro atoms. The van der Waals surface area contributed by atoms with Gasteiger partial charge < -0.3 is 9.64 Å². The number of hydrogen-bond acceptors (Lipinski definition) is 2. The lowest BCUT2D eigenvalue weighted by Crippen LogP contribution is -2.49. The Morgan fingerprint density at radius 2 is 2.11 bits per heavy atom. The molecule has 1 heterocycles. The van der Waals surface area contributed by atoms with Gasteiger partial charge in [0.05, 0.1) is 6.54 Å². The maximum absolute atomic E-state index is 14.6. The molecule has 0 saturated carbocycles. The van der Waals surface area contributed by atoms with Gasteiger partial charge in [0, 0.05) is 6.54 Å². The Balaban J connectivity index is 2.55. The van der Waals surface area contributed by atoms with Crippen molar-refractivity contribution in [2.75, 3.05) is 13.1 Å². The molecule has 0 N–H and O–H groups in total. The summed E-state index contributed by atoms with van der Waals surface area (Å²) in [6.45, 7) is 8.32. The molecule has 1 saturated heterocycles. The maximum atomic E-state index is 14.6. The van der Waals surface area contributed by atoms with Gasteiger partial charge in [-0.15, -0.1) is 0 Å². The van der Waals surface area contributed by atoms with Crippen molar-refractivity contribution in [2.24, 2.45) is 0 Å². The predicted octanol–water partition coefficient (Wildman–Crippen LogP) is 3.92. The number of carbonyl (C=O) groups is 1. The van der Waals surface area contributed by atoms with E-state index in [4.69, 9.17) is 4.74 Å². The van der Waals surface area contributed by atoms with E-state index < -0.39 is 11.3 Å². The van der Waals surface area contributed by atoms with Gasteiger partial charge in [-0.2, -0.15) is 0 Å². The molecule has 0 aromatic carbocycles. The fourth-order valence-corrected chi connectivity index (χ4v) is 2.27. The van der Waals surface area contributed by atoms with Crippen molar-refractivity contribution in [3.05, 3.63) is 0 Å². The van der Waals surface area contributed by atoms with Gasteiger partial charge in [0.1, 0.15) is 11.3 Å². The number of carbonyl (C=O) groups excluding carboxylic acids is 1. The molecule has 0 aliphatic carbocycles. The summed E-state index contributed by atoms with van der Waals surface area (Å²) in [5.74, 6) is 0. The number of hydrogen-bond donors (Lipinski definition) is 0. The fraction of sp³-hybridized carbons (Fsp3) is 0.929. The summed E-state index contributed by atoms with van der Waals surface area (Å²) in [5.41, 5.74) is -1.73. The summed E-state index contributed by atoms with van der Waals surface area (Å²) in [6, 6.07) is 0. The van der Waals surface area contributed by atoms with E-state index in [1.807, 2.05) is 20.8 Å². The quantitative estimate of drug-likeness (QED) is 0.769. The van der Waals surface area contributed by atoms with Gasteiger partial charge in [0.25, 0.3) is 0 Å². The van der Waals surface area contributed by atoms with E-state index in [2.05, 4.69) is 6.92 Å². The first-order valence-corrected chi connectivity index (χ1v) is 6.93. The zero-order valence-corrected chi connectivity index (χ0v) is 12.1. The van der Waals surface area contributed by atoms with Crippen molar-refractivity contribution in [1.29, 1.82) is 0 Å². The van der Waals surface area contributed by atoms with Crippen LogP contribution in [0, 0.1) is 0 Å². The fourth-order valence-electron chi connectivity index (χ4n) is 2.27. The third-order valence-corrected chi connectivity index (χ3v) is 3.16. The highest BCUT2D eigenvalue weighted by atomic mass is 19.1. The molecule has 0 aromatic heterocycles. The normalized spacial score (nSPS) is 25.1. The highest BCUT2D eigenvalue weighted by Gasteiger charge is 2.37. The first kappa shape index (κ1) is 15.3. The first-order chi connectivity index (χ1) is 8.26. The van der Waals surface area contributed by atoms with Gasteiger partial charge in [-0.3, -0.25) is 0 Å². The minimum Gasteiger partial charge on any atom is -0.444 e. The minimum atomic E-state index is -1.22. The summed E-state index contributed by atoms with van der Waals surface area (Å²) >= 11 is 0. The second-order valence-electron chi connectivity index (χ2n) is 6.26. The summed E-state index contributed by atoms with van der Waals surface area (Å²) in [4.78, 5) is 13.4. The average molecular weight is 259 g/mol. The van der Waals surface area contributed by atoms with Crippen LogP contribution in [0.25, 0.3) is 0 Å². The number of rotatable bonds is 3. The molecule has 0 radical (unpaired) electrons. The smallest absolute Gasteiger partial charge is 0.410 e. The highest BCUT2D eigenvalue weighted by Crippen LogP contribution is 2.31. The molecule has 4 heteroatoms. The lowest BCUT2D eigenvalue weighted by atomic mass is 9.90. The van der Waals surface area contributed by atoms with Gasteiger partial charge >= 0.3 is 6.09 Å². The third kappa shape index (κ3) is 4.83. The summed E-state index contributed by atoms with van der Waals surface area (Å²) < 4.78 is 19.8. The van der Waals surface area contributed by atoms with Crippen molar-refractivity contribution in [1.82, 2.24) is 4.90 Å². The Kier molecular flexibility index (Phi) is 5.00. The number of piperidine rings is 1. The van der Waals surface area contributed by atoms with Gasteiger partial charge in [-0.1, -0.05) is 19.8 Å². The van der Waals surface area contributed by atoms with Crippen molar-refractivity contribution >= 4 is 6.09 Å². The Bertz CT molecular complexity index is 288. The van der Waals surface area contributed by atoms with Gasteiger partial charge in [-0.05, 0) is 40.0 Å². The van der Waals surface area contributed by atoms with Gasteiger partial charge in [0.2, 0.25) is 0 Å². The summed E-state index contributed by atoms with van der Waals surface area (Å²) in [5, 5.41) is 0. The molecule has 0 bridgehead atoms. The zero-order valence-electron chi connectivity index (χ0n) is 12.1. The van der Waals surface area contributed by atoms with E-state index >= 15 is 0 Å². The van der Waals surface area contributed by atoms with E-state index in [1.165, 1.54) is 4.90 Å². The number of ether oxygens (including phenoxy) is 1. The van der Waals surface area contributed by atoms with E-state index in [9.17, 15) is 9.18 Å². The van der Waals surface area contributed by atoms with E-state index in [1.54, 1.807) is 0 Å². The standard InChI is InChI=1S/C14H26FNO2/c1-5-6-8-14(15)9-7-10-16(11-14)12(17)18-13(2,3)4/h5-11H2,1-4H3. The van der Waals surface area contributed by atoms with Crippen LogP contribution in [0.15, 0.2) is 0 Å². The van der Waals surface area contributed by atoms with Crippen LogP contribution in [-0.2, 0) is 4.74 Å². The lowest BCUT2D eigenvalue weighted by molar-refractivity contribution is -0.00809. The van der Waals surface area contributed by atoms with Crippen LogP contribution >= 0.6 is 0 Å². The Morgan fingerprint density at radius 1 is 1.44 bits per heavy atom. The predicted molar refractivity (Wildman–Crippen MR) is 70.4 cm³/mol. The number of halogens is 1. The molecule has 18 heavy (non-hydrogen) atoms. The Labute approximate surface area is 110 Å². The molecule has 1 rings (SSSR count). The van der Waals surface area contributed by atoms with Crippen LogP contribution in [0.3, 0.4) is 0 Å². The zero-order chi connectivity index (χ0) is 13.8. The van der Waals surface area contributed by atoms with Crippen LogP contribution in [0.2, 0.25) is 0 Å². The average Bonchev–Trinajstić information content (AvgIpc) is 2.24. The van der Waals surface area contributed by atoms with Crippen LogP contribution in [-0.4, -0.2) is 35.4 Å². The number of nitrogens with zero attached hydrogens (tertiary/aromatic N) is 1. The molecule has 1 aliphatic heterocycles. The lowest BCUT2D eigenvalue weighted by Gasteiger charge is -2.38. The maximum Gasteiger partial charge on any atom is 0.410 e. The summed E-state index contributed by atoms with van der Waals surface area (Å²) in [7, 11) is 0.